The third-order valence-electron chi connectivity index (χ3n) is 3.01. The molecule has 0 unspecified atom stereocenters. The summed E-state index contributed by atoms with van der Waals surface area (Å²) in [5.74, 6) is 0.758. The highest BCUT2D eigenvalue weighted by molar-refractivity contribution is 5.60. The van der Waals surface area contributed by atoms with Crippen LogP contribution in [0.5, 0.6) is 5.75 Å². The number of nitriles is 1. The minimum Gasteiger partial charge on any atom is -0.497 e. The molecule has 0 saturated heterocycles. The first kappa shape index (κ1) is 14.3. The SMILES string of the molecule is COc1ccc(C#N)c(NCCN(C)C(C)C)c1. The van der Waals surface area contributed by atoms with Crippen molar-refractivity contribution >= 4 is 5.69 Å². The number of ether oxygens (including phenoxy) is 1. The number of nitrogens with zero attached hydrogens (tertiary/aromatic N) is 2. The molecule has 0 aliphatic heterocycles. The maximum atomic E-state index is 9.04. The van der Waals surface area contributed by atoms with E-state index in [2.05, 4.69) is 37.2 Å². The van der Waals surface area contributed by atoms with Crippen LogP contribution in [0.25, 0.3) is 0 Å². The third kappa shape index (κ3) is 3.94. The van der Waals surface area contributed by atoms with Gasteiger partial charge in [0.05, 0.1) is 18.4 Å². The molecule has 0 radical (unpaired) electrons. The summed E-state index contributed by atoms with van der Waals surface area (Å²) in [5, 5.41) is 12.3. The fourth-order valence-corrected chi connectivity index (χ4v) is 1.52. The van der Waals surface area contributed by atoms with E-state index in [1.807, 2.05) is 6.07 Å². The smallest absolute Gasteiger partial charge is 0.121 e. The summed E-state index contributed by atoms with van der Waals surface area (Å²) in [5.41, 5.74) is 1.47. The van der Waals surface area contributed by atoms with Crippen molar-refractivity contribution in [3.05, 3.63) is 23.8 Å². The van der Waals surface area contributed by atoms with E-state index in [9.17, 15) is 0 Å². The van der Waals surface area contributed by atoms with E-state index >= 15 is 0 Å². The zero-order valence-corrected chi connectivity index (χ0v) is 11.5. The molecule has 4 nitrogen and oxygen atoms in total. The van der Waals surface area contributed by atoms with Crippen molar-refractivity contribution < 1.29 is 4.74 Å². The van der Waals surface area contributed by atoms with Crippen molar-refractivity contribution in [2.24, 2.45) is 0 Å². The molecular weight excluding hydrogens is 226 g/mol. The second-order valence-corrected chi connectivity index (χ2v) is 4.52. The Morgan fingerprint density at radius 2 is 2.17 bits per heavy atom. The summed E-state index contributed by atoms with van der Waals surface area (Å²) < 4.78 is 5.16. The molecule has 98 valence electrons. The average molecular weight is 247 g/mol. The second-order valence-electron chi connectivity index (χ2n) is 4.52. The summed E-state index contributed by atoms with van der Waals surface area (Å²) in [7, 11) is 3.71. The highest BCUT2D eigenvalue weighted by Gasteiger charge is 2.05. The average Bonchev–Trinajstić information content (AvgIpc) is 2.38. The van der Waals surface area contributed by atoms with Gasteiger partial charge in [0.25, 0.3) is 0 Å². The Labute approximate surface area is 109 Å². The zero-order chi connectivity index (χ0) is 13.5. The number of likely N-dealkylation sites (N-methyl/N-ethyl adjacent to an activating group) is 1. The van der Waals surface area contributed by atoms with Gasteiger partial charge in [-0.2, -0.15) is 5.26 Å². The monoisotopic (exact) mass is 247 g/mol. The molecule has 4 heteroatoms. The summed E-state index contributed by atoms with van der Waals surface area (Å²) in [6, 6.07) is 8.12. The molecule has 1 rings (SSSR count). The summed E-state index contributed by atoms with van der Waals surface area (Å²) >= 11 is 0. The predicted octanol–water partition coefficient (Wildman–Crippen LogP) is 2.32. The van der Waals surface area contributed by atoms with Gasteiger partial charge < -0.3 is 15.0 Å². The van der Waals surface area contributed by atoms with E-state index in [-0.39, 0.29) is 0 Å². The van der Waals surface area contributed by atoms with Crippen LogP contribution in [0.2, 0.25) is 0 Å². The molecule has 0 fully saturated rings. The molecule has 0 aliphatic carbocycles. The van der Waals surface area contributed by atoms with Crippen LogP contribution < -0.4 is 10.1 Å². The molecular formula is C14H21N3O. The molecule has 0 aliphatic rings. The Morgan fingerprint density at radius 3 is 2.72 bits per heavy atom. The maximum Gasteiger partial charge on any atom is 0.121 e. The number of hydrogen-bond acceptors (Lipinski definition) is 4. The van der Waals surface area contributed by atoms with Crippen LogP contribution in [0, 0.1) is 11.3 Å². The van der Waals surface area contributed by atoms with Gasteiger partial charge in [0.1, 0.15) is 11.8 Å². The van der Waals surface area contributed by atoms with E-state index in [0.29, 0.717) is 11.6 Å². The number of benzene rings is 1. The van der Waals surface area contributed by atoms with Crippen LogP contribution in [0.1, 0.15) is 19.4 Å². The summed E-state index contributed by atoms with van der Waals surface area (Å²) in [6.07, 6.45) is 0. The lowest BCUT2D eigenvalue weighted by atomic mass is 10.2. The lowest BCUT2D eigenvalue weighted by Gasteiger charge is -2.21. The van der Waals surface area contributed by atoms with Crippen molar-refractivity contribution in [2.75, 3.05) is 32.6 Å². The van der Waals surface area contributed by atoms with Crippen molar-refractivity contribution in [3.63, 3.8) is 0 Å². The van der Waals surface area contributed by atoms with Crippen LogP contribution in [0.3, 0.4) is 0 Å². The van der Waals surface area contributed by atoms with Crippen molar-refractivity contribution in [1.82, 2.24) is 4.90 Å². The van der Waals surface area contributed by atoms with Crippen LogP contribution in [0.15, 0.2) is 18.2 Å². The highest BCUT2D eigenvalue weighted by atomic mass is 16.5. The molecule has 0 bridgehead atoms. The van der Waals surface area contributed by atoms with Crippen LogP contribution in [-0.2, 0) is 0 Å². The van der Waals surface area contributed by atoms with Crippen LogP contribution in [0.4, 0.5) is 5.69 Å². The summed E-state index contributed by atoms with van der Waals surface area (Å²) in [4.78, 5) is 2.25. The van der Waals surface area contributed by atoms with Gasteiger partial charge in [-0.15, -0.1) is 0 Å². The number of methoxy groups -OCH3 is 1. The fraction of sp³-hybridized carbons (Fsp3) is 0.500. The Kier molecular flexibility index (Phi) is 5.47. The standard InChI is InChI=1S/C14H21N3O/c1-11(2)17(3)8-7-16-14-9-13(18-4)6-5-12(14)10-15/h5-6,9,11,16H,7-8H2,1-4H3. The zero-order valence-electron chi connectivity index (χ0n) is 11.5. The van der Waals surface area contributed by atoms with Crippen molar-refractivity contribution in [3.8, 4) is 11.8 Å². The fourth-order valence-electron chi connectivity index (χ4n) is 1.52. The van der Waals surface area contributed by atoms with Gasteiger partial charge in [-0.1, -0.05) is 0 Å². The topological polar surface area (TPSA) is 48.3 Å². The van der Waals surface area contributed by atoms with Crippen LogP contribution in [-0.4, -0.2) is 38.2 Å². The first-order valence-electron chi connectivity index (χ1n) is 6.10. The second kappa shape index (κ2) is 6.87. The van der Waals surface area contributed by atoms with Gasteiger partial charge in [-0.3, -0.25) is 0 Å². The molecule has 18 heavy (non-hydrogen) atoms. The highest BCUT2D eigenvalue weighted by Crippen LogP contribution is 2.21. The number of anilines is 1. The Hall–Kier alpha value is -1.73. The summed E-state index contributed by atoms with van der Waals surface area (Å²) in [6.45, 7) is 6.05. The lowest BCUT2D eigenvalue weighted by Crippen LogP contribution is -2.31. The van der Waals surface area contributed by atoms with Gasteiger partial charge in [0, 0.05) is 25.2 Å². The minimum atomic E-state index is 0.521. The molecule has 0 aromatic heterocycles. The number of hydrogen-bond donors (Lipinski definition) is 1. The molecule has 0 atom stereocenters. The molecule has 0 spiro atoms. The molecule has 1 aromatic rings. The molecule has 1 N–H and O–H groups in total. The minimum absolute atomic E-state index is 0.521. The first-order chi connectivity index (χ1) is 8.58. The maximum absolute atomic E-state index is 9.04. The van der Waals surface area contributed by atoms with E-state index in [1.54, 1.807) is 19.2 Å². The van der Waals surface area contributed by atoms with Gasteiger partial charge in [0.2, 0.25) is 0 Å². The Bertz CT molecular complexity index is 424. The number of rotatable bonds is 6. The lowest BCUT2D eigenvalue weighted by molar-refractivity contribution is 0.284. The third-order valence-corrected chi connectivity index (χ3v) is 3.01. The quantitative estimate of drug-likeness (QED) is 0.838. The van der Waals surface area contributed by atoms with Crippen LogP contribution >= 0.6 is 0 Å². The Balaban J connectivity index is 2.63. The van der Waals surface area contributed by atoms with Gasteiger partial charge in [-0.05, 0) is 33.0 Å². The normalized spacial score (nSPS) is 10.5. The largest absolute Gasteiger partial charge is 0.497 e. The van der Waals surface area contributed by atoms with Gasteiger partial charge >= 0.3 is 0 Å². The molecule has 0 heterocycles. The predicted molar refractivity (Wildman–Crippen MR) is 74.0 cm³/mol. The Morgan fingerprint density at radius 1 is 1.44 bits per heavy atom. The number of nitrogens with one attached hydrogen (secondary N) is 1. The van der Waals surface area contributed by atoms with E-state index in [0.717, 1.165) is 24.5 Å². The van der Waals surface area contributed by atoms with E-state index < -0.39 is 0 Å². The molecule has 0 saturated carbocycles. The van der Waals surface area contributed by atoms with Crippen molar-refractivity contribution in [1.29, 1.82) is 5.26 Å². The molecule has 0 amide bonds. The van der Waals surface area contributed by atoms with E-state index in [4.69, 9.17) is 10.00 Å². The van der Waals surface area contributed by atoms with E-state index in [1.165, 1.54) is 0 Å². The van der Waals surface area contributed by atoms with Gasteiger partial charge in [0.15, 0.2) is 0 Å². The first-order valence-corrected chi connectivity index (χ1v) is 6.10. The van der Waals surface area contributed by atoms with Crippen molar-refractivity contribution in [2.45, 2.75) is 19.9 Å². The van der Waals surface area contributed by atoms with Gasteiger partial charge in [-0.25, -0.2) is 0 Å². The molecule has 1 aromatic carbocycles.